The van der Waals surface area contributed by atoms with E-state index in [0.717, 1.165) is 31.6 Å². The van der Waals surface area contributed by atoms with Crippen LogP contribution in [0.4, 0.5) is 0 Å². The second-order valence-corrected chi connectivity index (χ2v) is 7.88. The summed E-state index contributed by atoms with van der Waals surface area (Å²) in [4.78, 5) is 17.1. The molecule has 2 atom stereocenters. The van der Waals surface area contributed by atoms with Gasteiger partial charge in [0.2, 0.25) is 0 Å². The summed E-state index contributed by atoms with van der Waals surface area (Å²) < 4.78 is 1.96. The maximum Gasteiger partial charge on any atom is 0.274 e. The van der Waals surface area contributed by atoms with Gasteiger partial charge in [-0.05, 0) is 57.3 Å². The maximum atomic E-state index is 12.8. The molecule has 1 aliphatic carbocycles. The van der Waals surface area contributed by atoms with Gasteiger partial charge in [-0.3, -0.25) is 19.5 Å². The van der Waals surface area contributed by atoms with Gasteiger partial charge in [0, 0.05) is 38.4 Å². The van der Waals surface area contributed by atoms with E-state index in [1.54, 1.807) is 0 Å². The van der Waals surface area contributed by atoms with Crippen molar-refractivity contribution in [3.05, 3.63) is 35.4 Å². The van der Waals surface area contributed by atoms with E-state index >= 15 is 0 Å². The van der Waals surface area contributed by atoms with Crippen LogP contribution in [0.15, 0.2) is 18.3 Å². The number of aryl methyl sites for hydroxylation is 1. The number of rotatable bonds is 5. The first-order chi connectivity index (χ1) is 12.5. The van der Waals surface area contributed by atoms with Crippen molar-refractivity contribution in [1.29, 1.82) is 0 Å². The number of aromatic nitrogens is 4. The van der Waals surface area contributed by atoms with Gasteiger partial charge in [-0.1, -0.05) is 0 Å². The molecule has 3 heterocycles. The SMILES string of the molecule is CN(C[C@@H]1CCCN(C)[C@H]1c1ccnn1C)C(=O)c1cc(C2CC2)[nH]n1. The lowest BCUT2D eigenvalue weighted by Crippen LogP contribution is -2.43. The lowest BCUT2D eigenvalue weighted by Gasteiger charge is -2.40. The lowest BCUT2D eigenvalue weighted by molar-refractivity contribution is 0.0626. The van der Waals surface area contributed by atoms with Crippen LogP contribution in [0.2, 0.25) is 0 Å². The fourth-order valence-electron chi connectivity index (χ4n) is 4.27. The van der Waals surface area contributed by atoms with Gasteiger partial charge in [0.1, 0.15) is 5.69 Å². The number of aromatic amines is 1. The largest absolute Gasteiger partial charge is 0.340 e. The first kappa shape index (κ1) is 17.3. The fourth-order valence-corrected chi connectivity index (χ4v) is 4.27. The third-order valence-electron chi connectivity index (χ3n) is 5.86. The predicted octanol–water partition coefficient (Wildman–Crippen LogP) is 2.18. The summed E-state index contributed by atoms with van der Waals surface area (Å²) in [7, 11) is 6.05. The van der Waals surface area contributed by atoms with Crippen LogP contribution in [-0.2, 0) is 7.05 Å². The molecule has 0 spiro atoms. The van der Waals surface area contributed by atoms with Crippen LogP contribution >= 0.6 is 0 Å². The van der Waals surface area contributed by atoms with E-state index in [2.05, 4.69) is 33.3 Å². The number of amides is 1. The number of hydrogen-bond acceptors (Lipinski definition) is 4. The van der Waals surface area contributed by atoms with Crippen molar-refractivity contribution in [2.75, 3.05) is 27.2 Å². The second kappa shape index (κ2) is 6.87. The molecule has 2 aliphatic rings. The fraction of sp³-hybridized carbons (Fsp3) is 0.632. The highest BCUT2D eigenvalue weighted by molar-refractivity contribution is 5.92. The topological polar surface area (TPSA) is 70.1 Å². The van der Waals surface area contributed by atoms with Crippen molar-refractivity contribution >= 4 is 5.91 Å². The Morgan fingerprint density at radius 3 is 2.85 bits per heavy atom. The minimum atomic E-state index is 0.00475. The molecular weight excluding hydrogens is 328 g/mol. The maximum absolute atomic E-state index is 12.8. The molecule has 0 aromatic carbocycles. The summed E-state index contributed by atoms with van der Waals surface area (Å²) in [5.41, 5.74) is 2.86. The molecule has 7 heteroatoms. The molecule has 140 valence electrons. The smallest absolute Gasteiger partial charge is 0.274 e. The molecule has 2 aromatic heterocycles. The van der Waals surface area contributed by atoms with Gasteiger partial charge >= 0.3 is 0 Å². The highest BCUT2D eigenvalue weighted by atomic mass is 16.2. The Bertz CT molecular complexity index is 777. The van der Waals surface area contributed by atoms with E-state index in [1.807, 2.05) is 35.9 Å². The summed E-state index contributed by atoms with van der Waals surface area (Å²) in [6, 6.07) is 4.31. The molecule has 0 unspecified atom stereocenters. The van der Waals surface area contributed by atoms with Crippen molar-refractivity contribution < 1.29 is 4.79 Å². The zero-order valence-corrected chi connectivity index (χ0v) is 15.9. The monoisotopic (exact) mass is 356 g/mol. The van der Waals surface area contributed by atoms with Gasteiger partial charge in [-0.15, -0.1) is 0 Å². The number of H-pyrrole nitrogens is 1. The Balaban J connectivity index is 1.48. The number of nitrogens with one attached hydrogen (secondary N) is 1. The molecule has 1 saturated heterocycles. The standard InChI is InChI=1S/C19H28N6O/c1-23-10-4-5-14(18(23)17-8-9-20-25(17)3)12-24(2)19(26)16-11-15(21-22-16)13-6-7-13/h8-9,11,13-14,18H,4-7,10,12H2,1-3H3,(H,21,22)/t14-,18+/m0/s1. The number of hydrogen-bond donors (Lipinski definition) is 1. The molecule has 4 rings (SSSR count). The Labute approximate surface area is 154 Å². The third-order valence-corrected chi connectivity index (χ3v) is 5.86. The predicted molar refractivity (Wildman–Crippen MR) is 98.8 cm³/mol. The van der Waals surface area contributed by atoms with E-state index in [4.69, 9.17) is 0 Å². The highest BCUT2D eigenvalue weighted by Gasteiger charge is 2.34. The zero-order valence-electron chi connectivity index (χ0n) is 15.9. The number of carbonyl (C=O) groups is 1. The van der Waals surface area contributed by atoms with E-state index in [1.165, 1.54) is 18.5 Å². The molecule has 7 nitrogen and oxygen atoms in total. The van der Waals surface area contributed by atoms with Gasteiger partial charge in [-0.2, -0.15) is 10.2 Å². The van der Waals surface area contributed by atoms with Crippen molar-refractivity contribution in [3.63, 3.8) is 0 Å². The van der Waals surface area contributed by atoms with Gasteiger partial charge in [-0.25, -0.2) is 0 Å². The first-order valence-electron chi connectivity index (χ1n) is 9.53. The summed E-state index contributed by atoms with van der Waals surface area (Å²) in [6.07, 6.45) is 6.53. The van der Waals surface area contributed by atoms with Gasteiger partial charge < -0.3 is 4.90 Å². The van der Waals surface area contributed by atoms with Crippen LogP contribution in [0.5, 0.6) is 0 Å². The Kier molecular flexibility index (Phi) is 4.56. The van der Waals surface area contributed by atoms with Crippen molar-refractivity contribution in [2.24, 2.45) is 13.0 Å². The Hall–Kier alpha value is -2.15. The minimum absolute atomic E-state index is 0.00475. The van der Waals surface area contributed by atoms with E-state index < -0.39 is 0 Å². The third kappa shape index (κ3) is 3.28. The molecule has 1 saturated carbocycles. The van der Waals surface area contributed by atoms with Gasteiger partial charge in [0.05, 0.1) is 11.7 Å². The van der Waals surface area contributed by atoms with Crippen LogP contribution < -0.4 is 0 Å². The molecule has 1 aliphatic heterocycles. The van der Waals surface area contributed by atoms with Crippen LogP contribution in [0.1, 0.15) is 59.5 Å². The van der Waals surface area contributed by atoms with Gasteiger partial charge in [0.25, 0.3) is 5.91 Å². The van der Waals surface area contributed by atoms with Crippen LogP contribution in [0.25, 0.3) is 0 Å². The van der Waals surface area contributed by atoms with Crippen LogP contribution in [-0.4, -0.2) is 62.9 Å². The average Bonchev–Trinajstić information content (AvgIpc) is 3.20. The molecule has 2 aromatic rings. The zero-order chi connectivity index (χ0) is 18.3. The van der Waals surface area contributed by atoms with E-state index in [-0.39, 0.29) is 11.9 Å². The van der Waals surface area contributed by atoms with Crippen LogP contribution in [0.3, 0.4) is 0 Å². The quantitative estimate of drug-likeness (QED) is 0.891. The van der Waals surface area contributed by atoms with E-state index in [0.29, 0.717) is 17.5 Å². The molecule has 26 heavy (non-hydrogen) atoms. The molecule has 0 bridgehead atoms. The van der Waals surface area contributed by atoms with E-state index in [9.17, 15) is 4.79 Å². The number of piperidine rings is 1. The second-order valence-electron chi connectivity index (χ2n) is 7.88. The van der Waals surface area contributed by atoms with Crippen molar-refractivity contribution in [3.8, 4) is 0 Å². The van der Waals surface area contributed by atoms with Crippen LogP contribution in [0, 0.1) is 5.92 Å². The average molecular weight is 356 g/mol. The normalized spacial score (nSPS) is 24.0. The number of likely N-dealkylation sites (tertiary alicyclic amines) is 1. The Morgan fingerprint density at radius 2 is 2.15 bits per heavy atom. The molecule has 1 N–H and O–H groups in total. The summed E-state index contributed by atoms with van der Waals surface area (Å²) >= 11 is 0. The lowest BCUT2D eigenvalue weighted by atomic mass is 9.87. The number of nitrogens with zero attached hydrogens (tertiary/aromatic N) is 5. The summed E-state index contributed by atoms with van der Waals surface area (Å²) in [6.45, 7) is 1.80. The molecular formula is C19H28N6O. The summed E-state index contributed by atoms with van der Waals surface area (Å²) in [5.74, 6) is 0.973. The summed E-state index contributed by atoms with van der Waals surface area (Å²) in [5, 5.41) is 11.6. The van der Waals surface area contributed by atoms with Gasteiger partial charge in [0.15, 0.2) is 0 Å². The number of carbonyl (C=O) groups excluding carboxylic acids is 1. The Morgan fingerprint density at radius 1 is 1.35 bits per heavy atom. The minimum Gasteiger partial charge on any atom is -0.340 e. The molecule has 0 radical (unpaired) electrons. The first-order valence-corrected chi connectivity index (χ1v) is 9.53. The van der Waals surface area contributed by atoms with Crippen molar-refractivity contribution in [2.45, 2.75) is 37.6 Å². The molecule has 1 amide bonds. The van der Waals surface area contributed by atoms with Crippen molar-refractivity contribution in [1.82, 2.24) is 29.8 Å². The highest BCUT2D eigenvalue weighted by Crippen LogP contribution is 2.39. The molecule has 2 fully saturated rings.